The van der Waals surface area contributed by atoms with E-state index < -0.39 is 0 Å². The van der Waals surface area contributed by atoms with Gasteiger partial charge in [-0.25, -0.2) is 0 Å². The third-order valence-electron chi connectivity index (χ3n) is 4.34. The first-order chi connectivity index (χ1) is 8.88. The van der Waals surface area contributed by atoms with E-state index in [-0.39, 0.29) is 0 Å². The summed E-state index contributed by atoms with van der Waals surface area (Å²) in [6.45, 7) is 2.30. The summed E-state index contributed by atoms with van der Waals surface area (Å²) in [6.07, 6.45) is 11.4. The van der Waals surface area contributed by atoms with Crippen LogP contribution in [-0.2, 0) is 0 Å². The molecule has 0 spiro atoms. The summed E-state index contributed by atoms with van der Waals surface area (Å²) in [5.41, 5.74) is 1.41. The Hall–Kier alpha value is -0.715. The maximum absolute atomic E-state index is 2.49. The number of unbranched alkanes of at least 4 members (excludes halogenated alkanes) is 2. The highest BCUT2D eigenvalue weighted by molar-refractivity contribution is 6.54. The molecule has 0 atom stereocenters. The van der Waals surface area contributed by atoms with Crippen LogP contribution in [0.5, 0.6) is 0 Å². The summed E-state index contributed by atoms with van der Waals surface area (Å²) >= 11 is 0. The van der Waals surface area contributed by atoms with Gasteiger partial charge in [-0.2, -0.15) is 0 Å². The van der Waals surface area contributed by atoms with E-state index in [1.165, 1.54) is 56.8 Å². The molecule has 0 unspecified atom stereocenters. The Kier molecular flexibility index (Phi) is 5.84. The van der Waals surface area contributed by atoms with E-state index in [9.17, 15) is 0 Å². The lowest BCUT2D eigenvalue weighted by atomic mass is 9.54. The van der Waals surface area contributed by atoms with Crippen molar-refractivity contribution in [2.45, 2.75) is 64.1 Å². The molecule has 0 saturated heterocycles. The molecule has 1 aromatic carbocycles. The normalized spacial score (nSPS) is 23.8. The van der Waals surface area contributed by atoms with Gasteiger partial charge in [0.25, 0.3) is 0 Å². The molecule has 0 aliphatic heterocycles. The maximum atomic E-state index is 2.49. The predicted octanol–water partition coefficient (Wildman–Crippen LogP) is 4.58. The van der Waals surface area contributed by atoms with Crippen molar-refractivity contribution in [3.8, 4) is 0 Å². The van der Waals surface area contributed by atoms with Gasteiger partial charge >= 0.3 is 0 Å². The summed E-state index contributed by atoms with van der Waals surface area (Å²) in [4.78, 5) is 0. The average Bonchev–Trinajstić information content (AvgIpc) is 2.42. The predicted molar refractivity (Wildman–Crippen MR) is 81.7 cm³/mol. The summed E-state index contributed by atoms with van der Waals surface area (Å²) in [5, 5.41) is 0. The minimum absolute atomic E-state index is 0.829. The lowest BCUT2D eigenvalue weighted by molar-refractivity contribution is 0.329. The second kappa shape index (κ2) is 7.66. The number of hydrogen-bond donors (Lipinski definition) is 0. The summed E-state index contributed by atoms with van der Waals surface area (Å²) in [5.74, 6) is 1.85. The van der Waals surface area contributed by atoms with E-state index in [0.717, 1.165) is 11.7 Å². The monoisotopic (exact) mass is 241 g/mol. The van der Waals surface area contributed by atoms with Crippen LogP contribution in [0.15, 0.2) is 30.3 Å². The van der Waals surface area contributed by atoms with Gasteiger partial charge in [0, 0.05) is 0 Å². The van der Waals surface area contributed by atoms with Gasteiger partial charge in [-0.05, 0) is 5.92 Å². The second-order valence-electron chi connectivity index (χ2n) is 5.85. The van der Waals surface area contributed by atoms with Crippen molar-refractivity contribution >= 4 is 12.7 Å². The van der Waals surface area contributed by atoms with Gasteiger partial charge in [-0.1, -0.05) is 99.9 Å². The fourth-order valence-electron chi connectivity index (χ4n) is 3.16. The first-order valence-electron chi connectivity index (χ1n) is 7.78. The lowest BCUT2D eigenvalue weighted by Crippen LogP contribution is -2.23. The van der Waals surface area contributed by atoms with E-state index in [0.29, 0.717) is 0 Å². The van der Waals surface area contributed by atoms with Crippen LogP contribution >= 0.6 is 0 Å². The lowest BCUT2D eigenvalue weighted by Gasteiger charge is -2.28. The zero-order valence-corrected chi connectivity index (χ0v) is 11.8. The summed E-state index contributed by atoms with van der Waals surface area (Å²) in [6, 6.07) is 10.8. The van der Waals surface area contributed by atoms with Crippen LogP contribution in [0.1, 0.15) is 58.3 Å². The van der Waals surface area contributed by atoms with E-state index in [1.54, 1.807) is 0 Å². The molecular formula is C17H26B. The standard InChI is InChI=1S/C17H26B/c1-2-3-5-8-15-11-13-17(14-12-15)18-16-9-6-4-7-10-16/h4,6-7,9-10,15,17H,2-3,5,8,11-14H2,1H3. The molecule has 1 radical (unpaired) electrons. The van der Waals surface area contributed by atoms with Crippen LogP contribution in [0.3, 0.4) is 0 Å². The van der Waals surface area contributed by atoms with Crippen LogP contribution in [0, 0.1) is 5.92 Å². The Morgan fingerprint density at radius 1 is 1.00 bits per heavy atom. The molecule has 97 valence electrons. The first kappa shape index (κ1) is 13.7. The molecule has 1 aliphatic carbocycles. The SMILES string of the molecule is CCCCCC1CCC([B]c2ccccc2)CC1. The summed E-state index contributed by atoms with van der Waals surface area (Å²) < 4.78 is 0. The van der Waals surface area contributed by atoms with Crippen molar-refractivity contribution in [2.24, 2.45) is 5.92 Å². The molecule has 0 bridgehead atoms. The van der Waals surface area contributed by atoms with Gasteiger partial charge in [0.2, 0.25) is 0 Å². The number of rotatable bonds is 6. The number of hydrogen-bond acceptors (Lipinski definition) is 0. The molecule has 0 N–H and O–H groups in total. The molecule has 1 fully saturated rings. The fourth-order valence-corrected chi connectivity index (χ4v) is 3.16. The Labute approximate surface area is 113 Å². The van der Waals surface area contributed by atoms with Crippen molar-refractivity contribution in [3.05, 3.63) is 30.3 Å². The Morgan fingerprint density at radius 3 is 2.39 bits per heavy atom. The average molecular weight is 241 g/mol. The van der Waals surface area contributed by atoms with Crippen LogP contribution < -0.4 is 5.46 Å². The highest BCUT2D eigenvalue weighted by Gasteiger charge is 2.21. The molecule has 1 saturated carbocycles. The highest BCUT2D eigenvalue weighted by atomic mass is 14.2. The smallest absolute Gasteiger partial charge is 0.0875 e. The molecule has 0 aromatic heterocycles. The minimum Gasteiger partial charge on any atom is -0.0875 e. The van der Waals surface area contributed by atoms with Gasteiger partial charge in [0.15, 0.2) is 7.28 Å². The fraction of sp³-hybridized carbons (Fsp3) is 0.647. The molecule has 1 heteroatoms. The van der Waals surface area contributed by atoms with Crippen LogP contribution in [0.25, 0.3) is 0 Å². The zero-order chi connectivity index (χ0) is 12.6. The van der Waals surface area contributed by atoms with Gasteiger partial charge in [0.1, 0.15) is 0 Å². The molecule has 0 nitrogen and oxygen atoms in total. The second-order valence-corrected chi connectivity index (χ2v) is 5.85. The molecule has 0 heterocycles. The Morgan fingerprint density at radius 2 is 1.72 bits per heavy atom. The van der Waals surface area contributed by atoms with Gasteiger partial charge < -0.3 is 0 Å². The highest BCUT2D eigenvalue weighted by Crippen LogP contribution is 2.34. The molecular weight excluding hydrogens is 215 g/mol. The largest absolute Gasteiger partial charge is 0.154 e. The molecule has 1 aliphatic rings. The topological polar surface area (TPSA) is 0 Å². The van der Waals surface area contributed by atoms with E-state index >= 15 is 0 Å². The third-order valence-corrected chi connectivity index (χ3v) is 4.34. The van der Waals surface area contributed by atoms with Crippen molar-refractivity contribution in [3.63, 3.8) is 0 Å². The van der Waals surface area contributed by atoms with E-state index in [1.807, 2.05) is 0 Å². The Bertz CT molecular complexity index is 312. The van der Waals surface area contributed by atoms with Crippen molar-refractivity contribution in [1.82, 2.24) is 0 Å². The van der Waals surface area contributed by atoms with Gasteiger partial charge in [-0.15, -0.1) is 0 Å². The minimum atomic E-state index is 0.829. The van der Waals surface area contributed by atoms with Crippen molar-refractivity contribution in [2.75, 3.05) is 0 Å². The van der Waals surface area contributed by atoms with E-state index in [4.69, 9.17) is 0 Å². The molecule has 18 heavy (non-hydrogen) atoms. The molecule has 1 aromatic rings. The van der Waals surface area contributed by atoms with Crippen molar-refractivity contribution in [1.29, 1.82) is 0 Å². The van der Waals surface area contributed by atoms with Crippen molar-refractivity contribution < 1.29 is 0 Å². The third kappa shape index (κ3) is 4.51. The van der Waals surface area contributed by atoms with Crippen LogP contribution in [-0.4, -0.2) is 7.28 Å². The van der Waals surface area contributed by atoms with Gasteiger partial charge in [-0.3, -0.25) is 0 Å². The quantitative estimate of drug-likeness (QED) is 0.505. The van der Waals surface area contributed by atoms with E-state index in [2.05, 4.69) is 44.5 Å². The van der Waals surface area contributed by atoms with Crippen LogP contribution in [0.2, 0.25) is 5.82 Å². The molecule has 2 rings (SSSR count). The Balaban J connectivity index is 1.67. The zero-order valence-electron chi connectivity index (χ0n) is 11.8. The summed E-state index contributed by atoms with van der Waals surface area (Å²) in [7, 11) is 2.49. The van der Waals surface area contributed by atoms with Crippen LogP contribution in [0.4, 0.5) is 0 Å². The molecule has 0 amide bonds. The maximum Gasteiger partial charge on any atom is 0.154 e. The van der Waals surface area contributed by atoms with Gasteiger partial charge in [0.05, 0.1) is 0 Å². The number of benzene rings is 1. The first-order valence-corrected chi connectivity index (χ1v) is 7.78.